The summed E-state index contributed by atoms with van der Waals surface area (Å²) in [5, 5.41) is 0. The van der Waals surface area contributed by atoms with E-state index in [1.807, 2.05) is 0 Å². The van der Waals surface area contributed by atoms with Crippen molar-refractivity contribution in [3.05, 3.63) is 0 Å². The Labute approximate surface area is 115 Å². The summed E-state index contributed by atoms with van der Waals surface area (Å²) in [6, 6.07) is 0. The number of carbonyl (C=O) groups is 2. The average molecular weight is 300 g/mol. The van der Waals surface area contributed by atoms with E-state index in [1.54, 1.807) is 0 Å². The van der Waals surface area contributed by atoms with Crippen LogP contribution in [0.4, 0.5) is 13.2 Å². The van der Waals surface area contributed by atoms with Crippen LogP contribution in [0, 0.1) is 0 Å². The van der Waals surface area contributed by atoms with Gasteiger partial charge in [-0.2, -0.15) is 13.2 Å². The van der Waals surface area contributed by atoms with Gasteiger partial charge in [0.2, 0.25) is 5.91 Å². The van der Waals surface area contributed by atoms with Crippen molar-refractivity contribution in [2.24, 2.45) is 5.73 Å². The molecule has 0 aromatic heterocycles. The molecule has 0 aliphatic rings. The second-order valence-electron chi connectivity index (χ2n) is 4.05. The molecule has 0 aliphatic carbocycles. The number of esters is 1. The van der Waals surface area contributed by atoms with Crippen molar-refractivity contribution in [1.82, 2.24) is 4.90 Å². The highest BCUT2D eigenvalue weighted by molar-refractivity contribution is 5.77. The molecule has 118 valence electrons. The number of methoxy groups -OCH3 is 2. The smallest absolute Gasteiger partial charge is 0.406 e. The average Bonchev–Trinajstić information content (AvgIpc) is 2.38. The van der Waals surface area contributed by atoms with Crippen LogP contribution in [0.2, 0.25) is 0 Å². The van der Waals surface area contributed by atoms with Crippen LogP contribution in [0.5, 0.6) is 0 Å². The molecule has 1 atom stereocenters. The number of amides is 1. The Morgan fingerprint density at radius 2 is 1.90 bits per heavy atom. The molecule has 0 heterocycles. The molecule has 2 N–H and O–H groups in total. The van der Waals surface area contributed by atoms with Gasteiger partial charge in [0, 0.05) is 20.2 Å². The van der Waals surface area contributed by atoms with Crippen LogP contribution < -0.4 is 5.73 Å². The van der Waals surface area contributed by atoms with Gasteiger partial charge in [-0.25, -0.2) is 0 Å². The minimum absolute atomic E-state index is 0.0130. The summed E-state index contributed by atoms with van der Waals surface area (Å²) in [4.78, 5) is 23.3. The van der Waals surface area contributed by atoms with E-state index in [0.29, 0.717) is 4.90 Å². The van der Waals surface area contributed by atoms with Gasteiger partial charge >= 0.3 is 12.1 Å². The quantitative estimate of drug-likeness (QED) is 0.652. The number of hydrogen-bond acceptors (Lipinski definition) is 5. The lowest BCUT2D eigenvalue weighted by molar-refractivity contribution is -0.164. The summed E-state index contributed by atoms with van der Waals surface area (Å²) >= 11 is 0. The van der Waals surface area contributed by atoms with E-state index in [1.165, 1.54) is 7.11 Å². The first-order valence-corrected chi connectivity index (χ1v) is 5.87. The predicted octanol–water partition coefficient (Wildman–Crippen LogP) is 0.304. The fourth-order valence-electron chi connectivity index (χ4n) is 1.42. The molecule has 6 nitrogen and oxygen atoms in total. The molecule has 0 spiro atoms. The summed E-state index contributed by atoms with van der Waals surface area (Å²) in [5.74, 6) is -1.46. The van der Waals surface area contributed by atoms with E-state index >= 15 is 0 Å². The molecule has 0 saturated heterocycles. The Balaban J connectivity index is 4.65. The largest absolute Gasteiger partial charge is 0.469 e. The highest BCUT2D eigenvalue weighted by Crippen LogP contribution is 2.17. The third kappa shape index (κ3) is 7.95. The van der Waals surface area contributed by atoms with Crippen molar-refractivity contribution in [1.29, 1.82) is 0 Å². The molecule has 0 aromatic carbocycles. The molecule has 1 amide bonds. The first kappa shape index (κ1) is 18.7. The first-order chi connectivity index (χ1) is 9.23. The number of nitrogens with two attached hydrogens (primary N) is 1. The van der Waals surface area contributed by atoms with E-state index < -0.39 is 30.7 Å². The summed E-state index contributed by atoms with van der Waals surface area (Å²) in [6.45, 7) is -1.78. The molecular formula is C11H19F3N2O4. The zero-order chi connectivity index (χ0) is 15.8. The second-order valence-corrected chi connectivity index (χ2v) is 4.05. The van der Waals surface area contributed by atoms with E-state index in [2.05, 4.69) is 4.74 Å². The fourth-order valence-corrected chi connectivity index (χ4v) is 1.42. The number of hydrogen-bond donors (Lipinski definition) is 1. The summed E-state index contributed by atoms with van der Waals surface area (Å²) in [7, 11) is 2.43. The van der Waals surface area contributed by atoms with Gasteiger partial charge in [0.1, 0.15) is 6.54 Å². The number of ether oxygens (including phenoxy) is 2. The number of alkyl halides is 3. The Morgan fingerprint density at radius 1 is 1.30 bits per heavy atom. The van der Waals surface area contributed by atoms with Crippen LogP contribution in [-0.2, 0) is 19.1 Å². The molecule has 0 bridgehead atoms. The van der Waals surface area contributed by atoms with Gasteiger partial charge in [0.05, 0.1) is 26.1 Å². The number of nitrogens with zero attached hydrogens (tertiary/aromatic N) is 1. The molecular weight excluding hydrogens is 281 g/mol. The second kappa shape index (κ2) is 8.75. The van der Waals surface area contributed by atoms with Crippen LogP contribution in [0.25, 0.3) is 0 Å². The lowest BCUT2D eigenvalue weighted by atomic mass is 10.2. The van der Waals surface area contributed by atoms with E-state index in [-0.39, 0.29) is 25.9 Å². The van der Waals surface area contributed by atoms with Crippen molar-refractivity contribution in [3.8, 4) is 0 Å². The SMILES string of the molecule is COC(=O)CCN(CC(F)(F)F)C(=O)CC(CN)OC. The molecule has 9 heteroatoms. The van der Waals surface area contributed by atoms with Crippen molar-refractivity contribution in [2.45, 2.75) is 25.1 Å². The maximum atomic E-state index is 12.4. The summed E-state index contributed by atoms with van der Waals surface area (Å²) < 4.78 is 46.4. The summed E-state index contributed by atoms with van der Waals surface area (Å²) in [6.07, 6.45) is -5.78. The number of rotatable bonds is 8. The van der Waals surface area contributed by atoms with E-state index in [4.69, 9.17) is 10.5 Å². The Bertz CT molecular complexity index is 319. The van der Waals surface area contributed by atoms with Crippen LogP contribution >= 0.6 is 0 Å². The lowest BCUT2D eigenvalue weighted by Gasteiger charge is -2.25. The van der Waals surface area contributed by atoms with E-state index in [0.717, 1.165) is 7.11 Å². The third-order valence-corrected chi connectivity index (χ3v) is 2.53. The van der Waals surface area contributed by atoms with Gasteiger partial charge in [-0.1, -0.05) is 0 Å². The summed E-state index contributed by atoms with van der Waals surface area (Å²) in [5.41, 5.74) is 5.31. The molecule has 20 heavy (non-hydrogen) atoms. The van der Waals surface area contributed by atoms with Gasteiger partial charge in [-0.3, -0.25) is 9.59 Å². The number of halogens is 3. The Kier molecular flexibility index (Phi) is 8.16. The van der Waals surface area contributed by atoms with Gasteiger partial charge in [0.15, 0.2) is 0 Å². The van der Waals surface area contributed by atoms with Gasteiger partial charge in [-0.05, 0) is 0 Å². The topological polar surface area (TPSA) is 81.9 Å². The Hall–Kier alpha value is -1.35. The minimum Gasteiger partial charge on any atom is -0.469 e. The van der Waals surface area contributed by atoms with Crippen LogP contribution in [0.3, 0.4) is 0 Å². The first-order valence-electron chi connectivity index (χ1n) is 5.87. The van der Waals surface area contributed by atoms with Crippen molar-refractivity contribution >= 4 is 11.9 Å². The van der Waals surface area contributed by atoms with E-state index in [9.17, 15) is 22.8 Å². The zero-order valence-electron chi connectivity index (χ0n) is 11.4. The molecule has 0 aromatic rings. The number of carbonyl (C=O) groups excluding carboxylic acids is 2. The lowest BCUT2D eigenvalue weighted by Crippen LogP contribution is -2.42. The maximum absolute atomic E-state index is 12.4. The van der Waals surface area contributed by atoms with Gasteiger partial charge in [0.25, 0.3) is 0 Å². The highest BCUT2D eigenvalue weighted by atomic mass is 19.4. The van der Waals surface area contributed by atoms with Gasteiger partial charge < -0.3 is 20.1 Å². The maximum Gasteiger partial charge on any atom is 0.406 e. The third-order valence-electron chi connectivity index (χ3n) is 2.53. The molecule has 0 aliphatic heterocycles. The molecule has 0 rings (SSSR count). The van der Waals surface area contributed by atoms with Crippen molar-refractivity contribution < 1.29 is 32.2 Å². The monoisotopic (exact) mass is 300 g/mol. The van der Waals surface area contributed by atoms with Crippen LogP contribution in [0.1, 0.15) is 12.8 Å². The fraction of sp³-hybridized carbons (Fsp3) is 0.818. The van der Waals surface area contributed by atoms with Crippen molar-refractivity contribution in [3.63, 3.8) is 0 Å². The Morgan fingerprint density at radius 3 is 2.30 bits per heavy atom. The molecule has 0 radical (unpaired) electrons. The van der Waals surface area contributed by atoms with Crippen LogP contribution in [0.15, 0.2) is 0 Å². The minimum atomic E-state index is -4.54. The molecule has 0 saturated carbocycles. The molecule has 0 fully saturated rings. The predicted molar refractivity (Wildman–Crippen MR) is 63.7 cm³/mol. The van der Waals surface area contributed by atoms with Crippen LogP contribution in [-0.4, -0.2) is 62.9 Å². The molecule has 1 unspecified atom stereocenters. The standard InChI is InChI=1S/C11H19F3N2O4/c1-19-8(6-15)5-9(17)16(7-11(12,13)14)4-3-10(18)20-2/h8H,3-7,15H2,1-2H3. The van der Waals surface area contributed by atoms with Gasteiger partial charge in [-0.15, -0.1) is 0 Å². The zero-order valence-corrected chi connectivity index (χ0v) is 11.4. The highest BCUT2D eigenvalue weighted by Gasteiger charge is 2.33. The van der Waals surface area contributed by atoms with Crippen molar-refractivity contribution in [2.75, 3.05) is 33.9 Å². The normalized spacial score (nSPS) is 12.9.